The van der Waals surface area contributed by atoms with Crippen molar-refractivity contribution in [3.05, 3.63) is 12.2 Å². The van der Waals surface area contributed by atoms with E-state index in [1.165, 1.54) is 0 Å². The Bertz CT molecular complexity index is 292. The smallest absolute Gasteiger partial charge is 0.427 e. The van der Waals surface area contributed by atoms with Crippen molar-refractivity contribution in [3.63, 3.8) is 0 Å². The van der Waals surface area contributed by atoms with Crippen LogP contribution in [0.1, 0.15) is 26.7 Å². The van der Waals surface area contributed by atoms with Gasteiger partial charge < -0.3 is 20.8 Å². The molecule has 96 valence electrons. The summed E-state index contributed by atoms with van der Waals surface area (Å²) in [6, 6.07) is 0. The van der Waals surface area contributed by atoms with E-state index in [-0.39, 0.29) is 6.32 Å². The molecule has 0 aromatic rings. The van der Waals surface area contributed by atoms with Crippen molar-refractivity contribution >= 4 is 19.2 Å². The van der Waals surface area contributed by atoms with E-state index in [2.05, 4.69) is 10.3 Å². The monoisotopic (exact) mass is 239 g/mol. The van der Waals surface area contributed by atoms with E-state index in [1.54, 1.807) is 19.5 Å². The molecule has 0 saturated carbocycles. The molecule has 0 bridgehead atoms. The van der Waals surface area contributed by atoms with Crippen LogP contribution in [0.15, 0.2) is 17.1 Å². The fourth-order valence-electron chi connectivity index (χ4n) is 1.25. The number of allylic oxidation sites excluding steroid dienone is 1. The quantitative estimate of drug-likeness (QED) is 0.287. The van der Waals surface area contributed by atoms with Crippen LogP contribution < -0.4 is 5.32 Å². The first-order valence-electron chi connectivity index (χ1n) is 5.74. The van der Waals surface area contributed by atoms with Crippen LogP contribution in [-0.4, -0.2) is 41.8 Å². The molecule has 6 heteroatoms. The Labute approximate surface area is 103 Å². The van der Waals surface area contributed by atoms with E-state index >= 15 is 0 Å². The van der Waals surface area contributed by atoms with Crippen molar-refractivity contribution in [2.75, 3.05) is 7.05 Å². The van der Waals surface area contributed by atoms with Gasteiger partial charge in [-0.1, -0.05) is 13.0 Å². The van der Waals surface area contributed by atoms with Crippen LogP contribution in [0, 0.1) is 5.41 Å². The maximum atomic E-state index is 8.89. The first kappa shape index (κ1) is 15.9. The van der Waals surface area contributed by atoms with Crippen molar-refractivity contribution in [2.45, 2.75) is 38.5 Å². The van der Waals surface area contributed by atoms with Gasteiger partial charge in [0.05, 0.1) is 11.9 Å². The molecule has 4 N–H and O–H groups in total. The second-order valence-electron chi connectivity index (χ2n) is 4.18. The molecule has 0 aliphatic rings. The van der Waals surface area contributed by atoms with Gasteiger partial charge >= 0.3 is 7.12 Å². The third kappa shape index (κ3) is 7.71. The lowest BCUT2D eigenvalue weighted by molar-refractivity contribution is 0.389. The topological polar surface area (TPSA) is 88.7 Å². The van der Waals surface area contributed by atoms with Crippen LogP contribution in [0.2, 0.25) is 6.32 Å². The molecule has 0 aliphatic carbocycles. The van der Waals surface area contributed by atoms with Crippen molar-refractivity contribution in [2.24, 2.45) is 4.99 Å². The van der Waals surface area contributed by atoms with E-state index in [0.717, 1.165) is 0 Å². The Morgan fingerprint density at radius 1 is 1.53 bits per heavy atom. The predicted molar refractivity (Wildman–Crippen MR) is 72.7 cm³/mol. The molecule has 1 unspecified atom stereocenters. The van der Waals surface area contributed by atoms with Gasteiger partial charge in [-0.2, -0.15) is 0 Å². The van der Waals surface area contributed by atoms with Crippen LogP contribution in [0.3, 0.4) is 0 Å². The molecular formula is C11H22BN3O2. The maximum absolute atomic E-state index is 8.89. The van der Waals surface area contributed by atoms with Gasteiger partial charge in [-0.05, 0) is 32.2 Å². The Balaban J connectivity index is 4.58. The van der Waals surface area contributed by atoms with Crippen molar-refractivity contribution in [3.8, 4) is 0 Å². The second-order valence-corrected chi connectivity index (χ2v) is 4.18. The third-order valence-corrected chi connectivity index (χ3v) is 2.48. The lowest BCUT2D eigenvalue weighted by Gasteiger charge is -2.26. The molecule has 0 rings (SSSR count). The molecule has 0 amide bonds. The van der Waals surface area contributed by atoms with Crippen LogP contribution in [0.4, 0.5) is 0 Å². The Hall–Kier alpha value is -1.14. The summed E-state index contributed by atoms with van der Waals surface area (Å²) >= 11 is 0. The van der Waals surface area contributed by atoms with E-state index < -0.39 is 12.7 Å². The van der Waals surface area contributed by atoms with Crippen molar-refractivity contribution < 1.29 is 10.0 Å². The number of hydrogen-bond acceptors (Lipinski definition) is 4. The number of nitrogens with one attached hydrogen (secondary N) is 2. The summed E-state index contributed by atoms with van der Waals surface area (Å²) in [5.74, 6) is 0. The number of nitrogens with zero attached hydrogens (tertiary/aromatic N) is 1. The minimum atomic E-state index is -1.31. The highest BCUT2D eigenvalue weighted by Gasteiger charge is 2.22. The van der Waals surface area contributed by atoms with E-state index in [4.69, 9.17) is 15.5 Å². The van der Waals surface area contributed by atoms with Gasteiger partial charge in [0.1, 0.15) is 0 Å². The van der Waals surface area contributed by atoms with E-state index in [1.807, 2.05) is 19.9 Å². The Kier molecular flexibility index (Phi) is 7.49. The van der Waals surface area contributed by atoms with Gasteiger partial charge in [-0.25, -0.2) is 0 Å². The van der Waals surface area contributed by atoms with Gasteiger partial charge in [0, 0.05) is 12.8 Å². The van der Waals surface area contributed by atoms with Crippen molar-refractivity contribution in [1.82, 2.24) is 5.32 Å². The summed E-state index contributed by atoms with van der Waals surface area (Å²) in [6.45, 7) is 3.85. The van der Waals surface area contributed by atoms with Gasteiger partial charge in [0.2, 0.25) is 0 Å². The van der Waals surface area contributed by atoms with E-state index in [0.29, 0.717) is 18.6 Å². The summed E-state index contributed by atoms with van der Waals surface area (Å²) < 4.78 is 0. The zero-order valence-electron chi connectivity index (χ0n) is 10.8. The van der Waals surface area contributed by atoms with Gasteiger partial charge in [-0.15, -0.1) is 0 Å². The van der Waals surface area contributed by atoms with Gasteiger partial charge in [-0.3, -0.25) is 4.99 Å². The zero-order chi connectivity index (χ0) is 13.3. The highest BCUT2D eigenvalue weighted by Crippen LogP contribution is 2.15. The number of rotatable bonds is 8. The summed E-state index contributed by atoms with van der Waals surface area (Å²) in [7, 11) is 0.347. The average Bonchev–Trinajstić information content (AvgIpc) is 2.31. The van der Waals surface area contributed by atoms with Crippen LogP contribution >= 0.6 is 0 Å². The molecule has 0 heterocycles. The molecule has 0 aromatic carbocycles. The first-order chi connectivity index (χ1) is 7.93. The maximum Gasteiger partial charge on any atom is 0.451 e. The lowest BCUT2D eigenvalue weighted by atomic mass is 9.78. The third-order valence-electron chi connectivity index (χ3n) is 2.48. The molecule has 17 heavy (non-hydrogen) atoms. The van der Waals surface area contributed by atoms with Crippen molar-refractivity contribution in [1.29, 1.82) is 5.41 Å². The minimum Gasteiger partial charge on any atom is -0.427 e. The number of hydrogen-bond donors (Lipinski definition) is 4. The molecule has 0 aliphatic heterocycles. The highest BCUT2D eigenvalue weighted by atomic mass is 16.4. The summed E-state index contributed by atoms with van der Waals surface area (Å²) in [4.78, 5) is 3.85. The second kappa shape index (κ2) is 8.03. The zero-order valence-corrected chi connectivity index (χ0v) is 10.8. The predicted octanol–water partition coefficient (Wildman–Crippen LogP) is 0.842. The first-order valence-corrected chi connectivity index (χ1v) is 5.74. The molecule has 0 fully saturated rings. The molecule has 1 atom stereocenters. The average molecular weight is 239 g/mol. The summed E-state index contributed by atoms with van der Waals surface area (Å²) in [5.41, 5.74) is 0.112. The normalized spacial score (nSPS) is 15.1. The van der Waals surface area contributed by atoms with Gasteiger partial charge in [0.25, 0.3) is 0 Å². The summed E-state index contributed by atoms with van der Waals surface area (Å²) in [6.07, 6.45) is 6.67. The Morgan fingerprint density at radius 2 is 2.18 bits per heavy atom. The largest absolute Gasteiger partial charge is 0.451 e. The Morgan fingerprint density at radius 3 is 2.65 bits per heavy atom. The SMILES string of the molecule is CCC(=N)/C=C\C(C)(CCB(O)O)NC=NC. The number of aliphatic imine (C=N–C) groups is 1. The highest BCUT2D eigenvalue weighted by molar-refractivity contribution is 6.40. The molecule has 0 spiro atoms. The lowest BCUT2D eigenvalue weighted by Crippen LogP contribution is -2.40. The molecular weight excluding hydrogens is 217 g/mol. The molecule has 0 aromatic heterocycles. The molecule has 0 radical (unpaired) electrons. The molecule has 0 saturated heterocycles. The fraction of sp³-hybridized carbons (Fsp3) is 0.636. The van der Waals surface area contributed by atoms with E-state index in [9.17, 15) is 0 Å². The van der Waals surface area contributed by atoms with Crippen LogP contribution in [0.5, 0.6) is 0 Å². The standard InChI is InChI=1S/C11H22BN3O2/c1-4-10(13)5-6-11(2,15-9-14-3)7-8-12(16)17/h5-6,9,13,16-17H,4,7-8H2,1-3H3,(H,14,15)/b6-5-,13-10?. The van der Waals surface area contributed by atoms with Gasteiger partial charge in [0.15, 0.2) is 0 Å². The molecule has 5 nitrogen and oxygen atoms in total. The fourth-order valence-corrected chi connectivity index (χ4v) is 1.25. The summed E-state index contributed by atoms with van der Waals surface area (Å²) in [5, 5.41) is 28.4. The van der Waals surface area contributed by atoms with Crippen LogP contribution in [-0.2, 0) is 0 Å². The minimum absolute atomic E-state index is 0.269. The van der Waals surface area contributed by atoms with Crippen LogP contribution in [0.25, 0.3) is 0 Å².